The van der Waals surface area contributed by atoms with E-state index in [-0.39, 0.29) is 5.56 Å². The van der Waals surface area contributed by atoms with E-state index in [1.807, 2.05) is 0 Å². The van der Waals surface area contributed by atoms with E-state index in [0.717, 1.165) is 6.07 Å². The van der Waals surface area contributed by atoms with Crippen LogP contribution in [-0.2, 0) is 0 Å². The van der Waals surface area contributed by atoms with Crippen molar-refractivity contribution < 1.29 is 17.6 Å². The first-order chi connectivity index (χ1) is 6.06. The first-order valence-electron chi connectivity index (χ1n) is 3.72. The molecule has 0 N–H and O–H groups in total. The topological polar surface area (TPSA) is 0 Å². The van der Waals surface area contributed by atoms with Crippen LogP contribution in [0, 0.1) is 18.6 Å². The van der Waals surface area contributed by atoms with Crippen molar-refractivity contribution in [3.8, 4) is 0 Å². The lowest BCUT2D eigenvalue weighted by molar-refractivity contribution is 0.258. The van der Waals surface area contributed by atoms with Gasteiger partial charge in [-0.1, -0.05) is 0 Å². The van der Waals surface area contributed by atoms with E-state index in [9.17, 15) is 17.6 Å². The summed E-state index contributed by atoms with van der Waals surface area (Å²) in [6.07, 6.45) is -2.01. The lowest BCUT2D eigenvalue weighted by atomic mass is 10.0. The van der Waals surface area contributed by atoms with Gasteiger partial charge in [0.25, 0.3) is 0 Å². The zero-order valence-electron chi connectivity index (χ0n) is 6.95. The number of halogens is 4. The summed E-state index contributed by atoms with van der Waals surface area (Å²) < 4.78 is 50.1. The molecule has 0 radical (unpaired) electrons. The molecular formula is C9H8F4. The molecule has 72 valence electrons. The summed E-state index contributed by atoms with van der Waals surface area (Å²) in [5, 5.41) is 0. The maximum atomic E-state index is 12.9. The van der Waals surface area contributed by atoms with Crippen LogP contribution in [0.15, 0.2) is 12.1 Å². The van der Waals surface area contributed by atoms with Gasteiger partial charge in [-0.15, -0.1) is 0 Å². The lowest BCUT2D eigenvalue weighted by Crippen LogP contribution is -2.02. The Labute approximate surface area is 73.2 Å². The molecule has 0 bridgehead atoms. The van der Waals surface area contributed by atoms with Gasteiger partial charge in [-0.05, 0) is 18.6 Å². The normalized spacial score (nSPS) is 13.0. The fourth-order valence-corrected chi connectivity index (χ4v) is 1.19. The van der Waals surface area contributed by atoms with Crippen LogP contribution in [0.3, 0.4) is 0 Å². The van der Waals surface area contributed by atoms with Gasteiger partial charge in [0.05, 0.1) is 0 Å². The van der Waals surface area contributed by atoms with E-state index in [1.165, 1.54) is 6.92 Å². The third-order valence-corrected chi connectivity index (χ3v) is 1.75. The minimum absolute atomic E-state index is 0.0858. The highest BCUT2D eigenvalue weighted by molar-refractivity contribution is 5.30. The second-order valence-electron chi connectivity index (χ2n) is 2.74. The van der Waals surface area contributed by atoms with Crippen LogP contribution in [0.1, 0.15) is 17.3 Å². The standard InChI is InChI=1S/C9H8F4/c1-5-2-6(11)3-7(12)9(5)8(13)4-10/h2-3,8H,4H2,1H3. The molecule has 0 saturated carbocycles. The Morgan fingerprint density at radius 2 is 1.92 bits per heavy atom. The molecule has 13 heavy (non-hydrogen) atoms. The van der Waals surface area contributed by atoms with Gasteiger partial charge in [-0.3, -0.25) is 0 Å². The minimum atomic E-state index is -2.01. The molecule has 0 aliphatic rings. The van der Waals surface area contributed by atoms with Gasteiger partial charge in [-0.25, -0.2) is 17.6 Å². The van der Waals surface area contributed by atoms with Crippen LogP contribution in [0.2, 0.25) is 0 Å². The molecule has 4 heteroatoms. The molecule has 1 atom stereocenters. The van der Waals surface area contributed by atoms with Crippen LogP contribution in [0.4, 0.5) is 17.6 Å². The van der Waals surface area contributed by atoms with Crippen LogP contribution >= 0.6 is 0 Å². The predicted molar refractivity (Wildman–Crippen MR) is 40.9 cm³/mol. The molecule has 0 aromatic heterocycles. The Morgan fingerprint density at radius 1 is 1.31 bits per heavy atom. The Bertz CT molecular complexity index is 285. The van der Waals surface area contributed by atoms with E-state index in [2.05, 4.69) is 0 Å². The van der Waals surface area contributed by atoms with Crippen molar-refractivity contribution in [1.29, 1.82) is 0 Å². The number of hydrogen-bond donors (Lipinski definition) is 0. The van der Waals surface area contributed by atoms with Crippen molar-refractivity contribution in [1.82, 2.24) is 0 Å². The summed E-state index contributed by atoms with van der Waals surface area (Å²) in [5.41, 5.74) is -0.313. The van der Waals surface area contributed by atoms with Gasteiger partial charge in [-0.2, -0.15) is 0 Å². The third kappa shape index (κ3) is 1.99. The number of hydrogen-bond acceptors (Lipinski definition) is 0. The minimum Gasteiger partial charge on any atom is -0.248 e. The van der Waals surface area contributed by atoms with E-state index in [4.69, 9.17) is 0 Å². The first kappa shape index (κ1) is 10.0. The van der Waals surface area contributed by atoms with Gasteiger partial charge < -0.3 is 0 Å². The highest BCUT2D eigenvalue weighted by atomic mass is 19.2. The van der Waals surface area contributed by atoms with E-state index >= 15 is 0 Å². The van der Waals surface area contributed by atoms with Crippen molar-refractivity contribution in [3.63, 3.8) is 0 Å². The number of rotatable bonds is 2. The van der Waals surface area contributed by atoms with Gasteiger partial charge >= 0.3 is 0 Å². The summed E-state index contributed by atoms with van der Waals surface area (Å²) in [4.78, 5) is 0. The monoisotopic (exact) mass is 192 g/mol. The van der Waals surface area contributed by atoms with Gasteiger partial charge in [0, 0.05) is 11.6 Å². The smallest absolute Gasteiger partial charge is 0.156 e. The van der Waals surface area contributed by atoms with Crippen LogP contribution in [0.5, 0.6) is 0 Å². The summed E-state index contributed by atoms with van der Waals surface area (Å²) in [7, 11) is 0. The van der Waals surface area contributed by atoms with Crippen molar-refractivity contribution in [2.75, 3.05) is 6.67 Å². The first-order valence-corrected chi connectivity index (χ1v) is 3.72. The molecule has 0 heterocycles. The SMILES string of the molecule is Cc1cc(F)cc(F)c1C(F)CF. The number of benzene rings is 1. The summed E-state index contributed by atoms with van der Waals surface area (Å²) in [5.74, 6) is -1.83. The van der Waals surface area contributed by atoms with E-state index in [1.54, 1.807) is 0 Å². The average molecular weight is 192 g/mol. The maximum absolute atomic E-state index is 12.9. The zero-order valence-corrected chi connectivity index (χ0v) is 6.95. The quantitative estimate of drug-likeness (QED) is 0.631. The van der Waals surface area contributed by atoms with Crippen LogP contribution < -0.4 is 0 Å². The molecule has 0 nitrogen and oxygen atoms in total. The third-order valence-electron chi connectivity index (χ3n) is 1.75. The second kappa shape index (κ2) is 3.77. The lowest BCUT2D eigenvalue weighted by Gasteiger charge is -2.09. The molecule has 0 spiro atoms. The average Bonchev–Trinajstić information content (AvgIpc) is 2.02. The summed E-state index contributed by atoms with van der Waals surface area (Å²) >= 11 is 0. The molecule has 1 aromatic carbocycles. The fraction of sp³-hybridized carbons (Fsp3) is 0.333. The molecule has 1 unspecified atom stereocenters. The largest absolute Gasteiger partial charge is 0.248 e. The van der Waals surface area contributed by atoms with Gasteiger partial charge in [0.2, 0.25) is 0 Å². The Balaban J connectivity index is 3.20. The number of alkyl halides is 2. The molecule has 0 saturated heterocycles. The summed E-state index contributed by atoms with van der Waals surface area (Å²) in [6, 6.07) is 1.52. The maximum Gasteiger partial charge on any atom is 0.156 e. The molecule has 0 amide bonds. The molecular weight excluding hydrogens is 184 g/mol. The van der Waals surface area contributed by atoms with Crippen LogP contribution in [0.25, 0.3) is 0 Å². The molecule has 0 fully saturated rings. The molecule has 1 aromatic rings. The zero-order chi connectivity index (χ0) is 10.0. The molecule has 0 aliphatic carbocycles. The highest BCUT2D eigenvalue weighted by Crippen LogP contribution is 2.25. The Kier molecular flexibility index (Phi) is 2.90. The Hall–Kier alpha value is -1.06. The van der Waals surface area contributed by atoms with Crippen LogP contribution in [-0.4, -0.2) is 6.67 Å². The van der Waals surface area contributed by atoms with Crippen molar-refractivity contribution in [2.45, 2.75) is 13.1 Å². The predicted octanol–water partition coefficient (Wildman–Crippen LogP) is 3.25. The van der Waals surface area contributed by atoms with Crippen molar-refractivity contribution in [3.05, 3.63) is 34.9 Å². The van der Waals surface area contributed by atoms with Crippen molar-refractivity contribution >= 4 is 0 Å². The van der Waals surface area contributed by atoms with Gasteiger partial charge in [0.1, 0.15) is 18.3 Å². The van der Waals surface area contributed by atoms with Crippen molar-refractivity contribution in [2.24, 2.45) is 0 Å². The summed E-state index contributed by atoms with van der Waals surface area (Å²) in [6.45, 7) is 0.0348. The molecule has 1 rings (SSSR count). The van der Waals surface area contributed by atoms with Gasteiger partial charge in [0.15, 0.2) is 6.17 Å². The van der Waals surface area contributed by atoms with E-state index in [0.29, 0.717) is 6.07 Å². The molecule has 0 aliphatic heterocycles. The Morgan fingerprint density at radius 3 is 2.38 bits per heavy atom. The fourth-order valence-electron chi connectivity index (χ4n) is 1.19. The highest BCUT2D eigenvalue weighted by Gasteiger charge is 2.18. The second-order valence-corrected chi connectivity index (χ2v) is 2.74. The van der Waals surface area contributed by atoms with E-state index < -0.39 is 30.0 Å². The number of aryl methyl sites for hydroxylation is 1.